The number of H-pyrrole nitrogens is 2. The Bertz CT molecular complexity index is 945. The van der Waals surface area contributed by atoms with Gasteiger partial charge >= 0.3 is 18.7 Å². The summed E-state index contributed by atoms with van der Waals surface area (Å²) in [5.74, 6) is -1.14. The number of rotatable bonds is 6. The predicted molar refractivity (Wildman–Crippen MR) is 84.8 cm³/mol. The highest BCUT2D eigenvalue weighted by atomic mass is 31.2. The van der Waals surface area contributed by atoms with Crippen LogP contribution >= 0.6 is 7.60 Å². The van der Waals surface area contributed by atoms with Gasteiger partial charge in [-0.3, -0.25) is 29.6 Å². The van der Waals surface area contributed by atoms with Gasteiger partial charge in [0.1, 0.15) is 5.78 Å². The highest BCUT2D eigenvalue weighted by molar-refractivity contribution is 7.52. The van der Waals surface area contributed by atoms with Crippen molar-refractivity contribution in [2.45, 2.75) is 25.7 Å². The van der Waals surface area contributed by atoms with E-state index in [2.05, 4.69) is 15.3 Å². The largest absolute Gasteiger partial charge is 0.342 e. The van der Waals surface area contributed by atoms with Gasteiger partial charge in [0.2, 0.25) is 0 Å². The summed E-state index contributed by atoms with van der Waals surface area (Å²) in [4.78, 5) is 56.2. The molecule has 0 bridgehead atoms. The first kappa shape index (κ1) is 18.0. The molecule has 0 aliphatic rings. The molecule has 0 spiro atoms. The summed E-state index contributed by atoms with van der Waals surface area (Å²) in [5.41, 5.74) is -1.79. The summed E-state index contributed by atoms with van der Waals surface area (Å²) in [6.45, 7) is 1.42. The van der Waals surface area contributed by atoms with Crippen LogP contribution in [0.25, 0.3) is 11.0 Å². The lowest BCUT2D eigenvalue weighted by Gasteiger charge is -2.18. The number of non-ortho nitro benzene ring substituents is 1. The summed E-state index contributed by atoms with van der Waals surface area (Å²) in [7, 11) is -4.40. The third kappa shape index (κ3) is 3.77. The average Bonchev–Trinajstić information content (AvgIpc) is 2.47. The van der Waals surface area contributed by atoms with Crippen molar-refractivity contribution >= 4 is 24.3 Å². The average molecular weight is 358 g/mol. The molecule has 130 valence electrons. The van der Waals surface area contributed by atoms with Crippen molar-refractivity contribution in [2.75, 3.05) is 0 Å². The van der Waals surface area contributed by atoms with Crippen LogP contribution in [0.5, 0.6) is 0 Å². The molecule has 0 amide bonds. The van der Waals surface area contributed by atoms with Crippen LogP contribution in [0.4, 0.5) is 5.69 Å². The standard InChI is InChI=1S/C12H15N4O7P/c1-2-9(24(21,22)23)13-5-6-3-7(16(19)20)4-8-10(6)15-12(18)11(17)14-8/h3-4,9,13H,2,5H2,1H3,(H,14,17)(H,15,18)(H2,21,22,23). The van der Waals surface area contributed by atoms with Gasteiger partial charge < -0.3 is 19.8 Å². The minimum atomic E-state index is -4.40. The minimum Gasteiger partial charge on any atom is -0.323 e. The third-order valence-corrected chi connectivity index (χ3v) is 4.79. The number of hydrogen-bond acceptors (Lipinski definition) is 6. The SMILES string of the molecule is CCC(NCc1cc([N+](=O)[O-])cc2[nH]c(=O)c(=O)[nH]c12)P(=O)(O)O. The first-order valence-corrected chi connectivity index (χ1v) is 8.54. The fourth-order valence-electron chi connectivity index (χ4n) is 2.25. The highest BCUT2D eigenvalue weighted by Gasteiger charge is 2.26. The molecular formula is C12H15N4O7P. The van der Waals surface area contributed by atoms with E-state index < -0.39 is 29.4 Å². The molecule has 0 saturated heterocycles. The lowest BCUT2D eigenvalue weighted by atomic mass is 10.1. The second kappa shape index (κ2) is 6.65. The summed E-state index contributed by atoms with van der Waals surface area (Å²) in [5, 5.41) is 13.6. The Labute approximate surface area is 134 Å². The molecule has 5 N–H and O–H groups in total. The first-order chi connectivity index (χ1) is 11.1. The summed E-state index contributed by atoms with van der Waals surface area (Å²) in [6, 6.07) is 2.26. The molecule has 0 fully saturated rings. The molecule has 0 aliphatic carbocycles. The zero-order valence-corrected chi connectivity index (χ0v) is 13.4. The number of nitrogens with one attached hydrogen (secondary N) is 3. The maximum Gasteiger partial charge on any atom is 0.342 e. The van der Waals surface area contributed by atoms with E-state index >= 15 is 0 Å². The Morgan fingerprint density at radius 1 is 1.29 bits per heavy atom. The van der Waals surface area contributed by atoms with Crippen molar-refractivity contribution in [1.29, 1.82) is 0 Å². The maximum atomic E-state index is 11.5. The van der Waals surface area contributed by atoms with Crippen LogP contribution in [0.2, 0.25) is 0 Å². The molecule has 1 heterocycles. The Morgan fingerprint density at radius 3 is 2.46 bits per heavy atom. The van der Waals surface area contributed by atoms with E-state index in [0.29, 0.717) is 0 Å². The Balaban J connectivity index is 2.53. The summed E-state index contributed by atoms with van der Waals surface area (Å²) >= 11 is 0. The fraction of sp³-hybridized carbons (Fsp3) is 0.333. The molecule has 24 heavy (non-hydrogen) atoms. The number of aromatic amines is 2. The van der Waals surface area contributed by atoms with Crippen molar-refractivity contribution in [2.24, 2.45) is 0 Å². The Kier molecular flexibility index (Phi) is 4.99. The van der Waals surface area contributed by atoms with Gasteiger partial charge in [0.25, 0.3) is 5.69 Å². The molecule has 2 aromatic rings. The van der Waals surface area contributed by atoms with E-state index in [1.54, 1.807) is 6.92 Å². The molecule has 0 radical (unpaired) electrons. The lowest BCUT2D eigenvalue weighted by Crippen LogP contribution is -2.31. The topological polar surface area (TPSA) is 178 Å². The number of nitro benzene ring substituents is 1. The molecule has 1 atom stereocenters. The molecule has 0 saturated carbocycles. The Hall–Kier alpha value is -2.33. The molecular weight excluding hydrogens is 343 g/mol. The number of aromatic nitrogens is 2. The molecule has 0 aliphatic heterocycles. The third-order valence-electron chi connectivity index (χ3n) is 3.43. The van der Waals surface area contributed by atoms with E-state index in [-0.39, 0.29) is 35.2 Å². The van der Waals surface area contributed by atoms with Crippen molar-refractivity contribution < 1.29 is 19.3 Å². The monoisotopic (exact) mass is 358 g/mol. The van der Waals surface area contributed by atoms with Crippen LogP contribution in [0.15, 0.2) is 21.7 Å². The smallest absolute Gasteiger partial charge is 0.323 e. The molecule has 1 aromatic carbocycles. The van der Waals surface area contributed by atoms with Crippen LogP contribution < -0.4 is 16.4 Å². The predicted octanol–water partition coefficient (Wildman–Crippen LogP) is 0.128. The van der Waals surface area contributed by atoms with Gasteiger partial charge in [-0.15, -0.1) is 0 Å². The van der Waals surface area contributed by atoms with Gasteiger partial charge in [-0.2, -0.15) is 0 Å². The summed E-state index contributed by atoms with van der Waals surface area (Å²) in [6.07, 6.45) is 0.129. The number of hydrogen-bond donors (Lipinski definition) is 5. The highest BCUT2D eigenvalue weighted by Crippen LogP contribution is 2.41. The zero-order valence-electron chi connectivity index (χ0n) is 12.5. The summed E-state index contributed by atoms with van der Waals surface area (Å²) < 4.78 is 11.3. The van der Waals surface area contributed by atoms with Crippen molar-refractivity contribution in [3.05, 3.63) is 48.5 Å². The maximum absolute atomic E-state index is 11.5. The molecule has 11 nitrogen and oxygen atoms in total. The van der Waals surface area contributed by atoms with E-state index in [1.807, 2.05) is 0 Å². The quantitative estimate of drug-likeness (QED) is 0.209. The number of fused-ring (bicyclic) bond motifs is 1. The van der Waals surface area contributed by atoms with Crippen LogP contribution in [0, 0.1) is 10.1 Å². The van der Waals surface area contributed by atoms with Gasteiger partial charge in [-0.25, -0.2) is 0 Å². The van der Waals surface area contributed by atoms with Crippen LogP contribution in [-0.2, 0) is 11.1 Å². The Morgan fingerprint density at radius 2 is 1.92 bits per heavy atom. The van der Waals surface area contributed by atoms with E-state index in [4.69, 9.17) is 0 Å². The first-order valence-electron chi connectivity index (χ1n) is 6.85. The fourth-order valence-corrected chi connectivity index (χ4v) is 3.06. The van der Waals surface area contributed by atoms with Gasteiger partial charge in [-0.1, -0.05) is 6.92 Å². The van der Waals surface area contributed by atoms with E-state index in [9.17, 15) is 34.1 Å². The van der Waals surface area contributed by atoms with Crippen molar-refractivity contribution in [3.63, 3.8) is 0 Å². The lowest BCUT2D eigenvalue weighted by molar-refractivity contribution is -0.384. The van der Waals surface area contributed by atoms with Crippen LogP contribution in [0.1, 0.15) is 18.9 Å². The van der Waals surface area contributed by atoms with E-state index in [0.717, 1.165) is 12.1 Å². The molecule has 1 unspecified atom stereocenters. The zero-order chi connectivity index (χ0) is 18.1. The van der Waals surface area contributed by atoms with Crippen molar-refractivity contribution in [3.8, 4) is 0 Å². The number of nitrogens with zero attached hydrogens (tertiary/aromatic N) is 1. The van der Waals surface area contributed by atoms with E-state index in [1.165, 1.54) is 0 Å². The van der Waals surface area contributed by atoms with Gasteiger partial charge in [0, 0.05) is 18.7 Å². The molecule has 1 aromatic heterocycles. The second-order valence-electron chi connectivity index (χ2n) is 5.09. The molecule has 12 heteroatoms. The number of benzene rings is 1. The van der Waals surface area contributed by atoms with Gasteiger partial charge in [-0.05, 0) is 12.0 Å². The minimum absolute atomic E-state index is 0.0508. The van der Waals surface area contributed by atoms with Crippen LogP contribution in [0.3, 0.4) is 0 Å². The van der Waals surface area contributed by atoms with Gasteiger partial charge in [0.15, 0.2) is 0 Å². The van der Waals surface area contributed by atoms with Crippen LogP contribution in [-0.4, -0.2) is 30.5 Å². The van der Waals surface area contributed by atoms with Crippen molar-refractivity contribution in [1.82, 2.24) is 15.3 Å². The second-order valence-corrected chi connectivity index (χ2v) is 6.89. The van der Waals surface area contributed by atoms with Gasteiger partial charge in [0.05, 0.1) is 16.0 Å². The number of nitro groups is 1. The molecule has 2 rings (SSSR count). The normalized spacial score (nSPS) is 13.1.